The van der Waals surface area contributed by atoms with Crippen molar-refractivity contribution in [1.82, 2.24) is 0 Å². The lowest BCUT2D eigenvalue weighted by Gasteiger charge is -2.06. The Hall–Kier alpha value is -1.97. The van der Waals surface area contributed by atoms with Gasteiger partial charge in [-0.3, -0.25) is 0 Å². The molecular formula is C18H13Cl. The van der Waals surface area contributed by atoms with Gasteiger partial charge >= 0.3 is 0 Å². The number of hydrogen-bond acceptors (Lipinski definition) is 0. The quantitative estimate of drug-likeness (QED) is 0.331. The highest BCUT2D eigenvalue weighted by atomic mass is 35.5. The Bertz CT molecular complexity index is 791. The third-order valence-corrected chi connectivity index (χ3v) is 3.40. The largest absolute Gasteiger partial charge is 0.126 e. The predicted molar refractivity (Wildman–Crippen MR) is 83.7 cm³/mol. The molecule has 3 aromatic carbocycles. The highest BCUT2D eigenvalue weighted by Crippen LogP contribution is 2.28. The number of rotatable bonds is 1. The van der Waals surface area contributed by atoms with Crippen LogP contribution in [0.15, 0.2) is 54.6 Å². The van der Waals surface area contributed by atoms with E-state index in [1.54, 1.807) is 0 Å². The van der Waals surface area contributed by atoms with Crippen LogP contribution in [0, 0.1) is 11.8 Å². The van der Waals surface area contributed by atoms with Gasteiger partial charge in [0.15, 0.2) is 0 Å². The third kappa shape index (κ3) is 2.30. The van der Waals surface area contributed by atoms with Crippen LogP contribution in [0.5, 0.6) is 0 Å². The van der Waals surface area contributed by atoms with E-state index in [-0.39, 0.29) is 0 Å². The Morgan fingerprint density at radius 3 is 2.32 bits per heavy atom. The van der Waals surface area contributed by atoms with E-state index in [4.69, 9.17) is 11.6 Å². The molecule has 0 heterocycles. The maximum Gasteiger partial charge on any atom is 0.0333 e. The number of hydrogen-bond donors (Lipinski definition) is 0. The molecule has 0 N–H and O–H groups in total. The van der Waals surface area contributed by atoms with E-state index in [1.165, 1.54) is 21.5 Å². The van der Waals surface area contributed by atoms with Gasteiger partial charge in [-0.2, -0.15) is 0 Å². The summed E-state index contributed by atoms with van der Waals surface area (Å²) in [6, 6.07) is 19.0. The van der Waals surface area contributed by atoms with Crippen LogP contribution in [0.25, 0.3) is 21.5 Å². The summed E-state index contributed by atoms with van der Waals surface area (Å²) < 4.78 is 0. The maximum absolute atomic E-state index is 5.68. The Labute approximate surface area is 118 Å². The second-order valence-corrected chi connectivity index (χ2v) is 4.81. The van der Waals surface area contributed by atoms with Gasteiger partial charge in [0, 0.05) is 17.9 Å². The normalized spacial score (nSPS) is 10.4. The van der Waals surface area contributed by atoms with Crippen LogP contribution in [0.1, 0.15) is 12.0 Å². The van der Waals surface area contributed by atoms with Crippen molar-refractivity contribution in [3.8, 4) is 11.8 Å². The Morgan fingerprint density at radius 2 is 1.53 bits per heavy atom. The molecule has 0 spiro atoms. The van der Waals surface area contributed by atoms with Gasteiger partial charge in [-0.15, -0.1) is 11.6 Å². The first-order chi connectivity index (χ1) is 9.40. The number of fused-ring (bicyclic) bond motifs is 3. The van der Waals surface area contributed by atoms with Crippen LogP contribution in [-0.4, -0.2) is 5.88 Å². The minimum atomic E-state index is 0.582. The maximum atomic E-state index is 5.68. The number of benzene rings is 3. The zero-order valence-electron chi connectivity index (χ0n) is 10.5. The summed E-state index contributed by atoms with van der Waals surface area (Å²) in [4.78, 5) is 0. The Balaban J connectivity index is 2.34. The van der Waals surface area contributed by atoms with Crippen molar-refractivity contribution in [2.24, 2.45) is 0 Å². The number of alkyl halides is 1. The predicted octanol–water partition coefficient (Wildman–Crippen LogP) is 4.97. The van der Waals surface area contributed by atoms with E-state index in [0.29, 0.717) is 5.88 Å². The molecule has 0 aromatic heterocycles. The van der Waals surface area contributed by atoms with Crippen LogP contribution >= 0.6 is 11.6 Å². The molecule has 3 rings (SSSR count). The lowest BCUT2D eigenvalue weighted by molar-refractivity contribution is 1.29. The molecule has 19 heavy (non-hydrogen) atoms. The zero-order valence-corrected chi connectivity index (χ0v) is 11.2. The smallest absolute Gasteiger partial charge is 0.0333 e. The fourth-order valence-electron chi connectivity index (χ4n) is 2.36. The summed E-state index contributed by atoms with van der Waals surface area (Å²) in [5.74, 6) is 6.95. The van der Waals surface area contributed by atoms with Gasteiger partial charge in [-0.1, -0.05) is 60.4 Å². The van der Waals surface area contributed by atoms with Crippen LogP contribution in [0.2, 0.25) is 0 Å². The molecule has 0 nitrogen and oxygen atoms in total. The van der Waals surface area contributed by atoms with E-state index in [1.807, 2.05) is 0 Å². The summed E-state index contributed by atoms with van der Waals surface area (Å²) in [6.45, 7) is 0. The minimum absolute atomic E-state index is 0.582. The van der Waals surface area contributed by atoms with E-state index in [0.717, 1.165) is 12.0 Å². The van der Waals surface area contributed by atoms with Gasteiger partial charge in [-0.05, 0) is 27.6 Å². The molecule has 92 valence electrons. The van der Waals surface area contributed by atoms with Crippen molar-refractivity contribution in [3.05, 3.63) is 60.2 Å². The SMILES string of the molecule is ClCCC#Cc1cc2ccccc2c2ccccc12. The van der Waals surface area contributed by atoms with Crippen LogP contribution in [0.3, 0.4) is 0 Å². The van der Waals surface area contributed by atoms with Gasteiger partial charge in [0.1, 0.15) is 0 Å². The Morgan fingerprint density at radius 1 is 0.842 bits per heavy atom. The lowest BCUT2D eigenvalue weighted by Crippen LogP contribution is -1.83. The van der Waals surface area contributed by atoms with Crippen molar-refractivity contribution in [2.45, 2.75) is 6.42 Å². The molecule has 1 heteroatoms. The molecule has 0 radical (unpaired) electrons. The first kappa shape index (κ1) is 12.1. The van der Waals surface area contributed by atoms with E-state index in [9.17, 15) is 0 Å². The van der Waals surface area contributed by atoms with Crippen molar-refractivity contribution in [1.29, 1.82) is 0 Å². The van der Waals surface area contributed by atoms with Crippen molar-refractivity contribution >= 4 is 33.1 Å². The second-order valence-electron chi connectivity index (χ2n) is 4.43. The zero-order chi connectivity index (χ0) is 13.1. The first-order valence-electron chi connectivity index (χ1n) is 6.35. The topological polar surface area (TPSA) is 0 Å². The molecule has 0 aliphatic heterocycles. The molecule has 0 amide bonds. The van der Waals surface area contributed by atoms with Crippen LogP contribution in [-0.2, 0) is 0 Å². The molecule has 0 fully saturated rings. The van der Waals surface area contributed by atoms with Crippen LogP contribution in [0.4, 0.5) is 0 Å². The summed E-state index contributed by atoms with van der Waals surface area (Å²) in [5, 5.41) is 4.98. The van der Waals surface area contributed by atoms with E-state index in [2.05, 4.69) is 66.4 Å². The average molecular weight is 265 g/mol. The molecule has 0 aliphatic carbocycles. The van der Waals surface area contributed by atoms with Crippen molar-refractivity contribution in [2.75, 3.05) is 5.88 Å². The van der Waals surface area contributed by atoms with Gasteiger partial charge in [0.05, 0.1) is 0 Å². The first-order valence-corrected chi connectivity index (χ1v) is 6.89. The van der Waals surface area contributed by atoms with Crippen molar-refractivity contribution < 1.29 is 0 Å². The highest BCUT2D eigenvalue weighted by molar-refractivity contribution is 6.18. The molecule has 0 saturated carbocycles. The van der Waals surface area contributed by atoms with E-state index < -0.39 is 0 Å². The van der Waals surface area contributed by atoms with Gasteiger partial charge < -0.3 is 0 Å². The minimum Gasteiger partial charge on any atom is -0.126 e. The average Bonchev–Trinajstić information content (AvgIpc) is 2.47. The standard InChI is InChI=1S/C18H13Cl/c19-12-6-5-8-15-13-14-7-1-2-9-16(14)18-11-4-3-10-17(15)18/h1-4,7,9-11,13H,6,12H2. The lowest BCUT2D eigenvalue weighted by atomic mass is 9.97. The summed E-state index contributed by atoms with van der Waals surface area (Å²) in [6.07, 6.45) is 0.725. The van der Waals surface area contributed by atoms with Gasteiger partial charge in [0.2, 0.25) is 0 Å². The van der Waals surface area contributed by atoms with Crippen LogP contribution < -0.4 is 0 Å². The summed E-state index contributed by atoms with van der Waals surface area (Å²) in [5.41, 5.74) is 1.08. The molecule has 0 aliphatic rings. The third-order valence-electron chi connectivity index (χ3n) is 3.21. The fourth-order valence-corrected chi connectivity index (χ4v) is 2.46. The van der Waals surface area contributed by atoms with Gasteiger partial charge in [-0.25, -0.2) is 0 Å². The number of halogens is 1. The van der Waals surface area contributed by atoms with Gasteiger partial charge in [0.25, 0.3) is 0 Å². The molecule has 3 aromatic rings. The summed E-state index contributed by atoms with van der Waals surface area (Å²) >= 11 is 5.68. The summed E-state index contributed by atoms with van der Waals surface area (Å²) in [7, 11) is 0. The molecule has 0 bridgehead atoms. The fraction of sp³-hybridized carbons (Fsp3) is 0.111. The monoisotopic (exact) mass is 264 g/mol. The van der Waals surface area contributed by atoms with Crippen molar-refractivity contribution in [3.63, 3.8) is 0 Å². The molecular weight excluding hydrogens is 252 g/mol. The molecule has 0 unspecified atom stereocenters. The molecule has 0 saturated heterocycles. The van der Waals surface area contributed by atoms with E-state index >= 15 is 0 Å². The highest BCUT2D eigenvalue weighted by Gasteiger charge is 2.03. The second kappa shape index (κ2) is 5.34. The molecule has 0 atom stereocenters. The Kier molecular flexibility index (Phi) is 3.40.